The molecule has 0 bridgehead atoms. The fourth-order valence-electron chi connectivity index (χ4n) is 2.24. The lowest BCUT2D eigenvalue weighted by Gasteiger charge is -2.23. The van der Waals surface area contributed by atoms with Crippen LogP contribution in [0.15, 0.2) is 26.0 Å². The summed E-state index contributed by atoms with van der Waals surface area (Å²) >= 11 is 6.60. The van der Waals surface area contributed by atoms with E-state index in [0.717, 1.165) is 5.56 Å². The Morgan fingerprint density at radius 1 is 1.24 bits per heavy atom. The summed E-state index contributed by atoms with van der Waals surface area (Å²) in [6.07, 6.45) is 0.336. The van der Waals surface area contributed by atoms with E-state index < -0.39 is 25.9 Å². The SMILES string of the molecule is Cc1cc(Br)c(S(=O)(=O)N(C)C2CCS(=O)(=O)C2)cc1Br. The molecule has 1 heterocycles. The molecule has 0 saturated carbocycles. The summed E-state index contributed by atoms with van der Waals surface area (Å²) in [6.45, 7) is 1.86. The van der Waals surface area contributed by atoms with Gasteiger partial charge in [0, 0.05) is 22.0 Å². The van der Waals surface area contributed by atoms with Gasteiger partial charge in [0.15, 0.2) is 9.84 Å². The third-order valence-corrected chi connectivity index (χ3v) is 9.07. The number of sulfonamides is 1. The molecule has 0 amide bonds. The maximum absolute atomic E-state index is 12.7. The van der Waals surface area contributed by atoms with E-state index in [1.807, 2.05) is 6.92 Å². The summed E-state index contributed by atoms with van der Waals surface area (Å²) in [5.74, 6) is -0.0797. The Balaban J connectivity index is 2.41. The second-order valence-electron chi connectivity index (χ2n) is 5.11. The summed E-state index contributed by atoms with van der Waals surface area (Å²) in [7, 11) is -5.45. The van der Waals surface area contributed by atoms with Crippen molar-refractivity contribution in [2.24, 2.45) is 0 Å². The van der Waals surface area contributed by atoms with Crippen molar-refractivity contribution < 1.29 is 16.8 Å². The number of nitrogens with zero attached hydrogens (tertiary/aromatic N) is 1. The van der Waals surface area contributed by atoms with E-state index in [1.54, 1.807) is 6.07 Å². The normalized spacial score (nSPS) is 21.9. The Bertz CT molecular complexity index is 775. The van der Waals surface area contributed by atoms with Crippen molar-refractivity contribution in [3.63, 3.8) is 0 Å². The molecule has 0 aromatic heterocycles. The molecule has 0 N–H and O–H groups in total. The second-order valence-corrected chi connectivity index (χ2v) is 11.0. The van der Waals surface area contributed by atoms with Crippen LogP contribution in [-0.2, 0) is 19.9 Å². The molecular formula is C12H15Br2NO4S2. The Morgan fingerprint density at radius 2 is 1.86 bits per heavy atom. The van der Waals surface area contributed by atoms with E-state index in [-0.39, 0.29) is 16.4 Å². The number of hydrogen-bond acceptors (Lipinski definition) is 4. The largest absolute Gasteiger partial charge is 0.244 e. The van der Waals surface area contributed by atoms with Crippen LogP contribution in [-0.4, -0.2) is 45.7 Å². The van der Waals surface area contributed by atoms with Crippen LogP contribution in [0.5, 0.6) is 0 Å². The molecule has 5 nitrogen and oxygen atoms in total. The highest BCUT2D eigenvalue weighted by molar-refractivity contribution is 9.11. The van der Waals surface area contributed by atoms with Gasteiger partial charge in [0.1, 0.15) is 0 Å². The third kappa shape index (κ3) is 3.52. The van der Waals surface area contributed by atoms with Crippen LogP contribution in [0.25, 0.3) is 0 Å². The van der Waals surface area contributed by atoms with Crippen molar-refractivity contribution >= 4 is 51.7 Å². The molecule has 1 aliphatic rings. The first-order chi connectivity index (χ1) is 9.54. The second kappa shape index (κ2) is 5.92. The molecule has 118 valence electrons. The van der Waals surface area contributed by atoms with Crippen LogP contribution >= 0.6 is 31.9 Å². The first-order valence-corrected chi connectivity index (χ1v) is 11.0. The quantitative estimate of drug-likeness (QED) is 0.693. The van der Waals surface area contributed by atoms with Gasteiger partial charge in [-0.25, -0.2) is 16.8 Å². The van der Waals surface area contributed by atoms with Crippen LogP contribution < -0.4 is 0 Å². The zero-order chi connectivity index (χ0) is 16.0. The van der Waals surface area contributed by atoms with E-state index in [1.165, 1.54) is 17.4 Å². The minimum absolute atomic E-state index is 0.0380. The minimum atomic E-state index is -3.75. The summed E-state index contributed by atoms with van der Waals surface area (Å²) in [5.41, 5.74) is 0.909. The smallest absolute Gasteiger partial charge is 0.229 e. The molecule has 1 atom stereocenters. The molecular weight excluding hydrogens is 446 g/mol. The molecule has 1 aliphatic heterocycles. The van der Waals surface area contributed by atoms with Crippen LogP contribution in [0.3, 0.4) is 0 Å². The van der Waals surface area contributed by atoms with Crippen LogP contribution in [0.2, 0.25) is 0 Å². The predicted octanol–water partition coefficient (Wildman–Crippen LogP) is 2.33. The lowest BCUT2D eigenvalue weighted by Crippen LogP contribution is -2.38. The summed E-state index contributed by atoms with van der Waals surface area (Å²) < 4.78 is 50.8. The van der Waals surface area contributed by atoms with E-state index >= 15 is 0 Å². The van der Waals surface area contributed by atoms with Crippen molar-refractivity contribution in [3.8, 4) is 0 Å². The molecule has 1 unspecified atom stereocenters. The number of sulfone groups is 1. The van der Waals surface area contributed by atoms with Gasteiger partial charge in [-0.05, 0) is 47.0 Å². The zero-order valence-electron chi connectivity index (χ0n) is 11.5. The van der Waals surface area contributed by atoms with Crippen molar-refractivity contribution in [2.45, 2.75) is 24.3 Å². The average molecular weight is 461 g/mol. The molecule has 0 spiro atoms. The topological polar surface area (TPSA) is 71.5 Å². The highest BCUT2D eigenvalue weighted by Gasteiger charge is 2.37. The van der Waals surface area contributed by atoms with Gasteiger partial charge in [0.2, 0.25) is 10.0 Å². The lowest BCUT2D eigenvalue weighted by molar-refractivity contribution is 0.393. The van der Waals surface area contributed by atoms with Crippen LogP contribution in [0, 0.1) is 6.92 Å². The Morgan fingerprint density at radius 3 is 2.38 bits per heavy atom. The lowest BCUT2D eigenvalue weighted by atomic mass is 10.2. The fourth-order valence-corrected chi connectivity index (χ4v) is 7.13. The van der Waals surface area contributed by atoms with E-state index in [0.29, 0.717) is 15.4 Å². The Labute approximate surface area is 141 Å². The summed E-state index contributed by atoms with van der Waals surface area (Å²) in [5, 5.41) is 0. The van der Waals surface area contributed by atoms with Crippen molar-refractivity contribution in [3.05, 3.63) is 26.6 Å². The van der Waals surface area contributed by atoms with E-state index in [9.17, 15) is 16.8 Å². The van der Waals surface area contributed by atoms with E-state index in [4.69, 9.17) is 0 Å². The highest BCUT2D eigenvalue weighted by Crippen LogP contribution is 2.32. The summed E-state index contributed by atoms with van der Waals surface area (Å²) in [4.78, 5) is 0.131. The van der Waals surface area contributed by atoms with Crippen molar-refractivity contribution in [1.82, 2.24) is 4.31 Å². The maximum Gasteiger partial charge on any atom is 0.244 e. The molecule has 1 aromatic rings. The van der Waals surface area contributed by atoms with Crippen LogP contribution in [0.4, 0.5) is 0 Å². The third-order valence-electron chi connectivity index (χ3n) is 3.59. The van der Waals surface area contributed by atoms with E-state index in [2.05, 4.69) is 31.9 Å². The van der Waals surface area contributed by atoms with Gasteiger partial charge in [-0.15, -0.1) is 0 Å². The van der Waals surface area contributed by atoms with Gasteiger partial charge in [-0.1, -0.05) is 15.9 Å². The highest BCUT2D eigenvalue weighted by atomic mass is 79.9. The van der Waals surface area contributed by atoms with Gasteiger partial charge in [-0.3, -0.25) is 0 Å². The number of aryl methyl sites for hydroxylation is 1. The standard InChI is InChI=1S/C12H15Br2NO4S2/c1-8-5-11(14)12(6-10(8)13)21(18,19)15(2)9-3-4-20(16,17)7-9/h5-6,9H,3-4,7H2,1-2H3. The summed E-state index contributed by atoms with van der Waals surface area (Å²) in [6, 6.07) is 2.75. The predicted molar refractivity (Wildman–Crippen MR) is 88.6 cm³/mol. The van der Waals surface area contributed by atoms with Gasteiger partial charge < -0.3 is 0 Å². The molecule has 1 saturated heterocycles. The number of halogens is 2. The first-order valence-electron chi connectivity index (χ1n) is 6.19. The van der Waals surface area contributed by atoms with Crippen molar-refractivity contribution in [2.75, 3.05) is 18.6 Å². The Hall–Kier alpha value is 0.0400. The molecule has 1 fully saturated rings. The first kappa shape index (κ1) is 17.4. The minimum Gasteiger partial charge on any atom is -0.229 e. The molecule has 21 heavy (non-hydrogen) atoms. The monoisotopic (exact) mass is 459 g/mol. The molecule has 9 heteroatoms. The van der Waals surface area contributed by atoms with Crippen molar-refractivity contribution in [1.29, 1.82) is 0 Å². The number of hydrogen-bond donors (Lipinski definition) is 0. The van der Waals surface area contributed by atoms with Gasteiger partial charge in [-0.2, -0.15) is 4.31 Å². The Kier molecular flexibility index (Phi) is 4.90. The molecule has 0 radical (unpaired) electrons. The fraction of sp³-hybridized carbons (Fsp3) is 0.500. The van der Waals surface area contributed by atoms with Gasteiger partial charge in [0.25, 0.3) is 0 Å². The molecule has 2 rings (SSSR count). The van der Waals surface area contributed by atoms with Gasteiger partial charge in [0.05, 0.1) is 16.4 Å². The number of rotatable bonds is 3. The average Bonchev–Trinajstić information content (AvgIpc) is 2.73. The zero-order valence-corrected chi connectivity index (χ0v) is 16.3. The van der Waals surface area contributed by atoms with Crippen LogP contribution in [0.1, 0.15) is 12.0 Å². The maximum atomic E-state index is 12.7. The molecule has 1 aromatic carbocycles. The molecule has 0 aliphatic carbocycles. The van der Waals surface area contributed by atoms with Gasteiger partial charge >= 0.3 is 0 Å². The number of benzene rings is 1.